The molecule has 0 fully saturated rings. The molecule has 0 aliphatic carbocycles. The zero-order valence-electron chi connectivity index (χ0n) is 15.2. The maximum absolute atomic E-state index is 14.5. The third-order valence-electron chi connectivity index (χ3n) is 4.25. The molecule has 3 aromatic rings. The Morgan fingerprint density at radius 2 is 1.47 bits per heavy atom. The van der Waals surface area contributed by atoms with E-state index in [1.807, 2.05) is 0 Å². The topological polar surface area (TPSA) is 9.23 Å². The van der Waals surface area contributed by atoms with Gasteiger partial charge in [-0.05, 0) is 36.1 Å². The van der Waals surface area contributed by atoms with Crippen LogP contribution >= 0.6 is 0 Å². The predicted octanol–water partition coefficient (Wildman–Crippen LogP) is 7.18. The van der Waals surface area contributed by atoms with Crippen LogP contribution in [-0.4, -0.2) is 6.61 Å². The number of alkyl halides is 3. The number of halogens is 8. The Morgan fingerprint density at radius 3 is 2.03 bits per heavy atom. The fraction of sp³-hybridized carbons (Fsp3) is 0.143. The number of benzene rings is 3. The summed E-state index contributed by atoms with van der Waals surface area (Å²) in [6.45, 7) is 1.75. The van der Waals surface area contributed by atoms with Gasteiger partial charge in [-0.2, -0.15) is 13.2 Å². The lowest BCUT2D eigenvalue weighted by molar-refractivity contribution is -0.142. The fourth-order valence-electron chi connectivity index (χ4n) is 2.97. The molecule has 0 amide bonds. The predicted molar refractivity (Wildman–Crippen MR) is 94.5 cm³/mol. The van der Waals surface area contributed by atoms with Crippen molar-refractivity contribution in [3.8, 4) is 16.9 Å². The second-order valence-corrected chi connectivity index (χ2v) is 6.24. The van der Waals surface area contributed by atoms with E-state index in [0.717, 1.165) is 18.2 Å². The molecule has 0 N–H and O–H groups in total. The lowest BCUT2D eigenvalue weighted by Crippen LogP contribution is -2.12. The van der Waals surface area contributed by atoms with Crippen molar-refractivity contribution in [3.05, 3.63) is 77.1 Å². The molecule has 0 aliphatic rings. The highest BCUT2D eigenvalue weighted by Gasteiger charge is 2.39. The highest BCUT2D eigenvalue weighted by atomic mass is 19.4. The van der Waals surface area contributed by atoms with Crippen LogP contribution in [0.1, 0.15) is 12.5 Å². The van der Waals surface area contributed by atoms with Gasteiger partial charge in [0.15, 0.2) is 0 Å². The standard InChI is InChI=1S/C21H12F8O/c1-2-3-4-30-12-8-14(23)17(15(24)9-12)10-5-11-7-16(25)19(21(27,28)29)20(26)18(11)13(22)6-10/h2-3,5-9H,4H2,1H3. The van der Waals surface area contributed by atoms with Crippen molar-refractivity contribution in [3.63, 3.8) is 0 Å². The summed E-state index contributed by atoms with van der Waals surface area (Å²) in [5.41, 5.74) is -3.43. The molecule has 0 bridgehead atoms. The highest BCUT2D eigenvalue weighted by Crippen LogP contribution is 2.39. The molecule has 0 atom stereocenters. The van der Waals surface area contributed by atoms with E-state index in [1.165, 1.54) is 0 Å². The van der Waals surface area contributed by atoms with Gasteiger partial charge < -0.3 is 4.74 Å². The molecule has 0 unspecified atom stereocenters. The van der Waals surface area contributed by atoms with Crippen LogP contribution < -0.4 is 4.74 Å². The molecule has 30 heavy (non-hydrogen) atoms. The van der Waals surface area contributed by atoms with Crippen LogP contribution in [0.25, 0.3) is 21.9 Å². The lowest BCUT2D eigenvalue weighted by atomic mass is 9.97. The Balaban J connectivity index is 2.17. The molecule has 3 rings (SSSR count). The van der Waals surface area contributed by atoms with E-state index in [-0.39, 0.29) is 18.4 Å². The van der Waals surface area contributed by atoms with Crippen molar-refractivity contribution >= 4 is 10.8 Å². The van der Waals surface area contributed by atoms with Gasteiger partial charge in [-0.3, -0.25) is 0 Å². The Labute approximate surface area is 165 Å². The van der Waals surface area contributed by atoms with Gasteiger partial charge in [-0.1, -0.05) is 12.2 Å². The minimum absolute atomic E-state index is 0.0411. The van der Waals surface area contributed by atoms with Crippen LogP contribution in [0.5, 0.6) is 5.75 Å². The maximum Gasteiger partial charge on any atom is 0.422 e. The van der Waals surface area contributed by atoms with E-state index >= 15 is 0 Å². The van der Waals surface area contributed by atoms with Gasteiger partial charge in [0, 0.05) is 12.1 Å². The van der Waals surface area contributed by atoms with Crippen LogP contribution in [0.4, 0.5) is 35.1 Å². The average molecular weight is 432 g/mol. The van der Waals surface area contributed by atoms with Gasteiger partial charge in [-0.25, -0.2) is 22.0 Å². The van der Waals surface area contributed by atoms with Crippen molar-refractivity contribution < 1.29 is 39.9 Å². The zero-order chi connectivity index (χ0) is 22.2. The highest BCUT2D eigenvalue weighted by molar-refractivity contribution is 5.89. The second kappa shape index (κ2) is 7.97. The van der Waals surface area contributed by atoms with E-state index in [4.69, 9.17) is 4.74 Å². The summed E-state index contributed by atoms with van der Waals surface area (Å²) in [6.07, 6.45) is -2.16. The van der Waals surface area contributed by atoms with Gasteiger partial charge in [0.25, 0.3) is 0 Å². The molecule has 158 valence electrons. The van der Waals surface area contributed by atoms with Crippen molar-refractivity contribution in [1.29, 1.82) is 0 Å². The van der Waals surface area contributed by atoms with Crippen LogP contribution in [0.3, 0.4) is 0 Å². The maximum atomic E-state index is 14.5. The van der Waals surface area contributed by atoms with Crippen molar-refractivity contribution in [2.45, 2.75) is 13.1 Å². The normalized spacial score (nSPS) is 12.2. The summed E-state index contributed by atoms with van der Waals surface area (Å²) in [5.74, 6) is -8.11. The fourth-order valence-corrected chi connectivity index (χ4v) is 2.97. The van der Waals surface area contributed by atoms with Crippen LogP contribution in [-0.2, 0) is 6.18 Å². The first-order valence-electron chi connectivity index (χ1n) is 8.46. The molecule has 0 aromatic heterocycles. The number of fused-ring (bicyclic) bond motifs is 1. The largest absolute Gasteiger partial charge is 0.489 e. The summed E-state index contributed by atoms with van der Waals surface area (Å²) in [7, 11) is 0. The number of allylic oxidation sites excluding steroid dienone is 1. The Kier molecular flexibility index (Phi) is 5.74. The molecule has 0 heterocycles. The van der Waals surface area contributed by atoms with E-state index in [9.17, 15) is 35.1 Å². The van der Waals surface area contributed by atoms with Crippen LogP contribution in [0, 0.1) is 29.1 Å². The van der Waals surface area contributed by atoms with Gasteiger partial charge in [0.1, 0.15) is 47.0 Å². The van der Waals surface area contributed by atoms with Crippen molar-refractivity contribution in [1.82, 2.24) is 0 Å². The molecular weight excluding hydrogens is 420 g/mol. The molecule has 0 spiro atoms. The molecule has 0 radical (unpaired) electrons. The quantitative estimate of drug-likeness (QED) is 0.314. The summed E-state index contributed by atoms with van der Waals surface area (Å²) >= 11 is 0. The van der Waals surface area contributed by atoms with Crippen LogP contribution in [0.15, 0.2) is 42.5 Å². The van der Waals surface area contributed by atoms with Gasteiger partial charge >= 0.3 is 6.18 Å². The summed E-state index contributed by atoms with van der Waals surface area (Å²) in [4.78, 5) is 0. The first-order chi connectivity index (χ1) is 14.0. The molecule has 0 saturated heterocycles. The first-order valence-corrected chi connectivity index (χ1v) is 8.46. The molecule has 0 aliphatic heterocycles. The summed E-state index contributed by atoms with van der Waals surface area (Å²) in [6, 6.07) is 3.20. The Morgan fingerprint density at radius 1 is 0.833 bits per heavy atom. The Bertz CT molecular complexity index is 1130. The number of rotatable bonds is 4. The van der Waals surface area contributed by atoms with E-state index < -0.39 is 62.7 Å². The minimum atomic E-state index is -5.39. The van der Waals surface area contributed by atoms with Crippen molar-refractivity contribution in [2.24, 2.45) is 0 Å². The van der Waals surface area contributed by atoms with E-state index in [1.54, 1.807) is 19.1 Å². The summed E-state index contributed by atoms with van der Waals surface area (Å²) < 4.78 is 115. The third kappa shape index (κ3) is 3.96. The van der Waals surface area contributed by atoms with E-state index in [2.05, 4.69) is 0 Å². The molecular formula is C21H12F8O. The van der Waals surface area contributed by atoms with E-state index in [0.29, 0.717) is 6.07 Å². The zero-order valence-corrected chi connectivity index (χ0v) is 15.2. The van der Waals surface area contributed by atoms with Gasteiger partial charge in [0.2, 0.25) is 0 Å². The SMILES string of the molecule is CC=CCOc1cc(F)c(-c2cc(F)c3c(F)c(C(F)(F)F)c(F)cc3c2)c(F)c1. The average Bonchev–Trinajstić information content (AvgIpc) is 2.59. The number of ether oxygens (including phenoxy) is 1. The van der Waals surface area contributed by atoms with Crippen molar-refractivity contribution in [2.75, 3.05) is 6.61 Å². The lowest BCUT2D eigenvalue weighted by Gasteiger charge is -2.14. The number of hydrogen-bond acceptors (Lipinski definition) is 1. The molecule has 0 saturated carbocycles. The van der Waals surface area contributed by atoms with Gasteiger partial charge in [-0.15, -0.1) is 0 Å². The smallest absolute Gasteiger partial charge is 0.422 e. The second-order valence-electron chi connectivity index (χ2n) is 6.24. The Hall–Kier alpha value is -3.10. The first kappa shape index (κ1) is 21.6. The molecule has 9 heteroatoms. The van der Waals surface area contributed by atoms with Gasteiger partial charge in [0.05, 0.1) is 10.9 Å². The van der Waals surface area contributed by atoms with Crippen LogP contribution in [0.2, 0.25) is 0 Å². The molecule has 3 aromatic carbocycles. The molecule has 1 nitrogen and oxygen atoms in total. The number of hydrogen-bond donors (Lipinski definition) is 0. The monoisotopic (exact) mass is 432 g/mol. The summed E-state index contributed by atoms with van der Waals surface area (Å²) in [5, 5.41) is -1.76. The minimum Gasteiger partial charge on any atom is -0.489 e. The third-order valence-corrected chi connectivity index (χ3v) is 4.25.